The largest absolute Gasteiger partial charge is 0.322 e. The fourth-order valence-corrected chi connectivity index (χ4v) is 4.53. The molecule has 0 aliphatic carbocycles. The van der Waals surface area contributed by atoms with Crippen LogP contribution < -0.4 is 0 Å². The molecule has 0 amide bonds. The zero-order valence-electron chi connectivity index (χ0n) is 18.5. The van der Waals surface area contributed by atoms with Crippen LogP contribution in [0.25, 0.3) is 22.6 Å². The number of hydrogen-bond acceptors (Lipinski definition) is 5. The van der Waals surface area contributed by atoms with Crippen molar-refractivity contribution in [2.24, 2.45) is 0 Å². The van der Waals surface area contributed by atoms with Crippen LogP contribution in [-0.4, -0.2) is 51.9 Å². The van der Waals surface area contributed by atoms with Gasteiger partial charge in [-0.15, -0.1) is 5.10 Å². The first-order valence-corrected chi connectivity index (χ1v) is 11.5. The van der Waals surface area contributed by atoms with Gasteiger partial charge < -0.3 is 8.97 Å². The van der Waals surface area contributed by atoms with Crippen LogP contribution in [0.15, 0.2) is 73.7 Å². The number of rotatable bonds is 6. The van der Waals surface area contributed by atoms with Gasteiger partial charge in [0, 0.05) is 43.1 Å². The lowest BCUT2D eigenvalue weighted by Gasteiger charge is -2.26. The Labute approximate surface area is 192 Å². The maximum atomic E-state index is 4.77. The Balaban J connectivity index is 1.18. The summed E-state index contributed by atoms with van der Waals surface area (Å²) in [5.41, 5.74) is 5.96. The highest BCUT2D eigenvalue weighted by Gasteiger charge is 2.12. The summed E-state index contributed by atoms with van der Waals surface area (Å²) in [7, 11) is 0. The first kappa shape index (κ1) is 19.9. The molecule has 0 unspecified atom stereocenters. The highest BCUT2D eigenvalue weighted by Crippen LogP contribution is 2.19. The van der Waals surface area contributed by atoms with E-state index >= 15 is 0 Å². The summed E-state index contributed by atoms with van der Waals surface area (Å²) < 4.78 is 5.97. The molecule has 6 heterocycles. The Hall–Kier alpha value is -3.78. The monoisotopic (exact) mass is 438 g/mol. The zero-order chi connectivity index (χ0) is 22.0. The Morgan fingerprint density at radius 3 is 2.64 bits per heavy atom. The van der Waals surface area contributed by atoms with Crippen molar-refractivity contribution in [1.29, 1.82) is 0 Å². The lowest BCUT2D eigenvalue weighted by atomic mass is 10.1. The standard InChI is InChI=1S/C25H26N8/c1-2-8-30(9-3-1)15-20-6-7-25-27-22(17-32(25)16-20)18-33-19-24(28-29-33)21-12-23(14-26-13-21)31-10-4-5-11-31/h4-7,10-14,16-17,19H,1-3,8-9,15,18H2. The van der Waals surface area contributed by atoms with Crippen molar-refractivity contribution in [3.8, 4) is 16.9 Å². The van der Waals surface area contributed by atoms with E-state index in [1.54, 1.807) is 0 Å². The number of nitrogens with zero attached hydrogens (tertiary/aromatic N) is 8. The van der Waals surface area contributed by atoms with Crippen molar-refractivity contribution in [3.05, 3.63) is 85.0 Å². The van der Waals surface area contributed by atoms with Crippen molar-refractivity contribution < 1.29 is 0 Å². The van der Waals surface area contributed by atoms with Gasteiger partial charge in [-0.1, -0.05) is 17.7 Å². The number of pyridine rings is 2. The summed E-state index contributed by atoms with van der Waals surface area (Å²) in [5, 5.41) is 8.68. The molecular formula is C25H26N8. The number of fused-ring (bicyclic) bond motifs is 1. The number of aromatic nitrogens is 7. The van der Waals surface area contributed by atoms with Gasteiger partial charge in [0.2, 0.25) is 0 Å². The van der Waals surface area contributed by atoms with E-state index in [0.29, 0.717) is 6.54 Å². The number of imidazole rings is 1. The van der Waals surface area contributed by atoms with Crippen LogP contribution in [0.4, 0.5) is 0 Å². The third kappa shape index (κ3) is 4.29. The van der Waals surface area contributed by atoms with Gasteiger partial charge in [0.1, 0.15) is 11.3 Å². The molecule has 8 nitrogen and oxygen atoms in total. The second-order valence-corrected chi connectivity index (χ2v) is 8.70. The molecule has 8 heteroatoms. The minimum Gasteiger partial charge on any atom is -0.322 e. The molecule has 0 atom stereocenters. The van der Waals surface area contributed by atoms with Gasteiger partial charge in [0.05, 0.1) is 30.3 Å². The first-order valence-electron chi connectivity index (χ1n) is 11.5. The van der Waals surface area contributed by atoms with Gasteiger partial charge in [-0.2, -0.15) is 0 Å². The Morgan fingerprint density at radius 2 is 1.76 bits per heavy atom. The van der Waals surface area contributed by atoms with Gasteiger partial charge >= 0.3 is 0 Å². The third-order valence-electron chi connectivity index (χ3n) is 6.20. The summed E-state index contributed by atoms with van der Waals surface area (Å²) in [6.07, 6.45) is 17.9. The molecule has 1 aliphatic rings. The molecule has 0 spiro atoms. The normalized spacial score (nSPS) is 14.8. The first-order chi connectivity index (χ1) is 16.3. The van der Waals surface area contributed by atoms with Crippen LogP contribution in [0.3, 0.4) is 0 Å². The Kier molecular flexibility index (Phi) is 5.20. The summed E-state index contributed by atoms with van der Waals surface area (Å²) >= 11 is 0. The average Bonchev–Trinajstić information content (AvgIpc) is 3.61. The van der Waals surface area contributed by atoms with Gasteiger partial charge in [0.15, 0.2) is 0 Å². The van der Waals surface area contributed by atoms with Crippen LogP contribution in [-0.2, 0) is 13.1 Å². The number of piperidine rings is 1. The van der Waals surface area contributed by atoms with Crippen molar-refractivity contribution in [1.82, 2.24) is 38.8 Å². The van der Waals surface area contributed by atoms with E-state index < -0.39 is 0 Å². The van der Waals surface area contributed by atoms with E-state index in [9.17, 15) is 0 Å². The maximum absolute atomic E-state index is 4.77. The molecule has 33 heavy (non-hydrogen) atoms. The molecule has 166 valence electrons. The lowest BCUT2D eigenvalue weighted by molar-refractivity contribution is 0.220. The smallest absolute Gasteiger partial charge is 0.137 e. The van der Waals surface area contributed by atoms with E-state index in [-0.39, 0.29) is 0 Å². The predicted molar refractivity (Wildman–Crippen MR) is 126 cm³/mol. The van der Waals surface area contributed by atoms with E-state index in [1.807, 2.05) is 52.4 Å². The van der Waals surface area contributed by atoms with Gasteiger partial charge in [0.25, 0.3) is 0 Å². The van der Waals surface area contributed by atoms with Crippen molar-refractivity contribution >= 4 is 5.65 Å². The molecule has 6 rings (SSSR count). The van der Waals surface area contributed by atoms with Crippen LogP contribution in [0.5, 0.6) is 0 Å². The van der Waals surface area contributed by atoms with E-state index in [4.69, 9.17) is 4.98 Å². The molecule has 0 aromatic carbocycles. The molecule has 0 bridgehead atoms. The molecule has 1 saturated heterocycles. The molecule has 1 aliphatic heterocycles. The van der Waals surface area contributed by atoms with Crippen LogP contribution in [0.2, 0.25) is 0 Å². The Morgan fingerprint density at radius 1 is 0.879 bits per heavy atom. The van der Waals surface area contributed by atoms with Crippen LogP contribution in [0, 0.1) is 0 Å². The maximum Gasteiger partial charge on any atom is 0.137 e. The topological polar surface area (TPSA) is 69.1 Å². The molecule has 0 radical (unpaired) electrons. The van der Waals surface area contributed by atoms with Crippen molar-refractivity contribution in [3.63, 3.8) is 0 Å². The average molecular weight is 439 g/mol. The minimum atomic E-state index is 0.570. The molecule has 1 fully saturated rings. The fraction of sp³-hybridized carbons (Fsp3) is 0.280. The fourth-order valence-electron chi connectivity index (χ4n) is 4.53. The van der Waals surface area contributed by atoms with Gasteiger partial charge in [-0.05, 0) is 55.8 Å². The predicted octanol–water partition coefficient (Wildman–Crippen LogP) is 3.81. The SMILES string of the molecule is c1ccn(-c2cncc(-c3cn(Cc4cn5cc(CN6CCCCC6)ccc5n4)nn3)c2)c1. The summed E-state index contributed by atoms with van der Waals surface area (Å²) in [5.74, 6) is 0. The molecule has 5 aromatic rings. The Bertz CT molecular complexity index is 1360. The summed E-state index contributed by atoms with van der Waals surface area (Å²) in [4.78, 5) is 11.7. The summed E-state index contributed by atoms with van der Waals surface area (Å²) in [6, 6.07) is 10.4. The quantitative estimate of drug-likeness (QED) is 0.403. The number of likely N-dealkylation sites (tertiary alicyclic amines) is 1. The molecule has 5 aromatic heterocycles. The van der Waals surface area contributed by atoms with Crippen LogP contribution >= 0.6 is 0 Å². The lowest BCUT2D eigenvalue weighted by Crippen LogP contribution is -2.29. The molecular weight excluding hydrogens is 412 g/mol. The minimum absolute atomic E-state index is 0.570. The zero-order valence-corrected chi connectivity index (χ0v) is 18.5. The summed E-state index contributed by atoms with van der Waals surface area (Å²) in [6.45, 7) is 3.98. The molecule has 0 saturated carbocycles. The second kappa shape index (κ2) is 8.63. The van der Waals surface area contributed by atoms with E-state index in [0.717, 1.165) is 34.8 Å². The van der Waals surface area contributed by atoms with Crippen LogP contribution in [0.1, 0.15) is 30.5 Å². The highest BCUT2D eigenvalue weighted by molar-refractivity contribution is 5.59. The van der Waals surface area contributed by atoms with Gasteiger partial charge in [-0.25, -0.2) is 9.67 Å². The number of hydrogen-bond donors (Lipinski definition) is 0. The van der Waals surface area contributed by atoms with E-state index in [1.165, 1.54) is 37.9 Å². The van der Waals surface area contributed by atoms with Crippen molar-refractivity contribution in [2.75, 3.05) is 13.1 Å². The van der Waals surface area contributed by atoms with E-state index in [2.05, 4.69) is 55.2 Å². The second-order valence-electron chi connectivity index (χ2n) is 8.70. The molecule has 0 N–H and O–H groups in total. The van der Waals surface area contributed by atoms with Gasteiger partial charge in [-0.3, -0.25) is 9.88 Å². The third-order valence-corrected chi connectivity index (χ3v) is 6.20. The highest BCUT2D eigenvalue weighted by atomic mass is 15.4. The van der Waals surface area contributed by atoms with Crippen molar-refractivity contribution in [2.45, 2.75) is 32.4 Å².